The van der Waals surface area contributed by atoms with Crippen LogP contribution in [0.4, 0.5) is 0 Å². The number of benzene rings is 1. The van der Waals surface area contributed by atoms with Crippen LogP contribution in [0.1, 0.15) is 75.7 Å². The van der Waals surface area contributed by atoms with Gasteiger partial charge in [-0.2, -0.15) is 0 Å². The standard InChI is InChI=1S/C23H32ClN3O/c1-17(2)14-19(18-8-10-20(24)11-9-18)16-26-23(28)15-22-25-12-13-27(22)21-6-4-3-5-7-21/h8-13,17,19,21H,3-7,14-16H2,1-2H3,(H,26,28). The number of amides is 1. The van der Waals surface area contributed by atoms with Crippen molar-refractivity contribution in [3.8, 4) is 0 Å². The first kappa shape index (κ1) is 20.9. The summed E-state index contributed by atoms with van der Waals surface area (Å²) in [5.74, 6) is 1.78. The fourth-order valence-electron chi connectivity index (χ4n) is 4.26. The van der Waals surface area contributed by atoms with Crippen molar-refractivity contribution in [1.29, 1.82) is 0 Å². The number of nitrogens with one attached hydrogen (secondary N) is 1. The van der Waals surface area contributed by atoms with Gasteiger partial charge in [0.05, 0.1) is 6.42 Å². The molecule has 1 aliphatic carbocycles. The Bertz CT molecular complexity index is 747. The van der Waals surface area contributed by atoms with E-state index in [-0.39, 0.29) is 5.91 Å². The molecule has 3 rings (SSSR count). The molecule has 1 fully saturated rings. The molecule has 0 radical (unpaired) electrons. The van der Waals surface area contributed by atoms with Crippen LogP contribution < -0.4 is 5.32 Å². The lowest BCUT2D eigenvalue weighted by Crippen LogP contribution is -2.31. The average molecular weight is 402 g/mol. The highest BCUT2D eigenvalue weighted by molar-refractivity contribution is 6.30. The molecule has 1 amide bonds. The maximum absolute atomic E-state index is 12.6. The van der Waals surface area contributed by atoms with E-state index in [1.807, 2.05) is 24.5 Å². The van der Waals surface area contributed by atoms with E-state index in [1.54, 1.807) is 0 Å². The molecule has 4 nitrogen and oxygen atoms in total. The van der Waals surface area contributed by atoms with E-state index >= 15 is 0 Å². The van der Waals surface area contributed by atoms with Gasteiger partial charge < -0.3 is 9.88 Å². The molecule has 1 unspecified atom stereocenters. The number of carbonyl (C=O) groups excluding carboxylic acids is 1. The van der Waals surface area contributed by atoms with Crippen LogP contribution in [0.15, 0.2) is 36.7 Å². The quantitative estimate of drug-likeness (QED) is 0.632. The molecule has 1 heterocycles. The molecule has 1 aromatic carbocycles. The molecule has 0 spiro atoms. The summed E-state index contributed by atoms with van der Waals surface area (Å²) in [6.45, 7) is 5.07. The Morgan fingerprint density at radius 1 is 1.21 bits per heavy atom. The van der Waals surface area contributed by atoms with Gasteiger partial charge in [0.2, 0.25) is 5.91 Å². The van der Waals surface area contributed by atoms with Gasteiger partial charge in [0.25, 0.3) is 0 Å². The molecular formula is C23H32ClN3O. The Balaban J connectivity index is 1.59. The summed E-state index contributed by atoms with van der Waals surface area (Å²) in [6.07, 6.45) is 11.5. The molecular weight excluding hydrogens is 370 g/mol. The Kier molecular flexibility index (Phi) is 7.55. The van der Waals surface area contributed by atoms with Gasteiger partial charge in [-0.25, -0.2) is 4.98 Å². The second-order valence-electron chi connectivity index (χ2n) is 8.40. The maximum Gasteiger partial charge on any atom is 0.227 e. The van der Waals surface area contributed by atoms with E-state index in [4.69, 9.17) is 11.6 Å². The second kappa shape index (κ2) is 10.1. The molecule has 152 valence electrons. The van der Waals surface area contributed by atoms with Gasteiger partial charge in [-0.15, -0.1) is 0 Å². The van der Waals surface area contributed by atoms with Gasteiger partial charge >= 0.3 is 0 Å². The van der Waals surface area contributed by atoms with E-state index in [0.717, 1.165) is 17.3 Å². The Hall–Kier alpha value is -1.81. The lowest BCUT2D eigenvalue weighted by Gasteiger charge is -2.25. The number of carbonyl (C=O) groups is 1. The minimum Gasteiger partial charge on any atom is -0.355 e. The van der Waals surface area contributed by atoms with Crippen LogP contribution in [0.25, 0.3) is 0 Å². The van der Waals surface area contributed by atoms with Crippen LogP contribution in [-0.4, -0.2) is 22.0 Å². The number of nitrogens with zero attached hydrogens (tertiary/aromatic N) is 2. The summed E-state index contributed by atoms with van der Waals surface area (Å²) >= 11 is 6.03. The van der Waals surface area contributed by atoms with E-state index in [9.17, 15) is 4.79 Å². The lowest BCUT2D eigenvalue weighted by molar-refractivity contribution is -0.120. The summed E-state index contributed by atoms with van der Waals surface area (Å²) in [7, 11) is 0. The Morgan fingerprint density at radius 3 is 2.61 bits per heavy atom. The molecule has 5 heteroatoms. The van der Waals surface area contributed by atoms with E-state index in [0.29, 0.717) is 30.8 Å². The highest BCUT2D eigenvalue weighted by Gasteiger charge is 2.20. The van der Waals surface area contributed by atoms with Crippen LogP contribution >= 0.6 is 11.6 Å². The number of imidazole rings is 1. The van der Waals surface area contributed by atoms with Gasteiger partial charge in [-0.1, -0.05) is 56.8 Å². The van der Waals surface area contributed by atoms with Gasteiger partial charge in [-0.05, 0) is 42.9 Å². The largest absolute Gasteiger partial charge is 0.355 e. The van der Waals surface area contributed by atoms with Crippen LogP contribution in [0.5, 0.6) is 0 Å². The summed E-state index contributed by atoms with van der Waals surface area (Å²) in [5, 5.41) is 3.89. The van der Waals surface area contributed by atoms with Crippen molar-refractivity contribution in [3.63, 3.8) is 0 Å². The van der Waals surface area contributed by atoms with E-state index in [2.05, 4.69) is 40.8 Å². The summed E-state index contributed by atoms with van der Waals surface area (Å²) in [5.41, 5.74) is 1.22. The Morgan fingerprint density at radius 2 is 1.93 bits per heavy atom. The molecule has 0 saturated heterocycles. The lowest BCUT2D eigenvalue weighted by atomic mass is 9.90. The van der Waals surface area contributed by atoms with E-state index < -0.39 is 0 Å². The molecule has 0 aliphatic heterocycles. The fraction of sp³-hybridized carbons (Fsp3) is 0.565. The fourth-order valence-corrected chi connectivity index (χ4v) is 4.38. The van der Waals surface area contributed by atoms with Crippen molar-refractivity contribution in [2.45, 2.75) is 70.8 Å². The van der Waals surface area contributed by atoms with Crippen LogP contribution in [0.3, 0.4) is 0 Å². The highest BCUT2D eigenvalue weighted by Crippen LogP contribution is 2.29. The zero-order valence-electron chi connectivity index (χ0n) is 17.0. The first-order valence-electron chi connectivity index (χ1n) is 10.6. The average Bonchev–Trinajstić information content (AvgIpc) is 3.14. The van der Waals surface area contributed by atoms with Crippen molar-refractivity contribution in [1.82, 2.24) is 14.9 Å². The molecule has 2 aromatic rings. The highest BCUT2D eigenvalue weighted by atomic mass is 35.5. The molecule has 1 atom stereocenters. The topological polar surface area (TPSA) is 46.9 Å². The molecule has 28 heavy (non-hydrogen) atoms. The van der Waals surface area contributed by atoms with Crippen molar-refractivity contribution < 1.29 is 4.79 Å². The summed E-state index contributed by atoms with van der Waals surface area (Å²) < 4.78 is 2.23. The third-order valence-electron chi connectivity index (χ3n) is 5.68. The minimum absolute atomic E-state index is 0.0472. The molecule has 0 bridgehead atoms. The third kappa shape index (κ3) is 5.84. The van der Waals surface area contributed by atoms with Crippen molar-refractivity contribution in [3.05, 3.63) is 53.1 Å². The monoisotopic (exact) mass is 401 g/mol. The first-order chi connectivity index (χ1) is 13.5. The predicted molar refractivity (Wildman–Crippen MR) is 115 cm³/mol. The van der Waals surface area contributed by atoms with Crippen molar-refractivity contribution >= 4 is 17.5 Å². The molecule has 1 N–H and O–H groups in total. The zero-order chi connectivity index (χ0) is 19.9. The SMILES string of the molecule is CC(C)CC(CNC(=O)Cc1nccn1C1CCCCC1)c1ccc(Cl)cc1. The number of hydrogen-bond donors (Lipinski definition) is 1. The zero-order valence-corrected chi connectivity index (χ0v) is 17.8. The molecule has 1 aliphatic rings. The minimum atomic E-state index is 0.0472. The normalized spacial score (nSPS) is 16.3. The second-order valence-corrected chi connectivity index (χ2v) is 8.84. The predicted octanol–water partition coefficient (Wildman–Crippen LogP) is 5.53. The van der Waals surface area contributed by atoms with E-state index in [1.165, 1.54) is 37.7 Å². The molecule has 1 aromatic heterocycles. The summed E-state index contributed by atoms with van der Waals surface area (Å²) in [4.78, 5) is 17.1. The van der Waals surface area contributed by atoms with Crippen LogP contribution in [0, 0.1) is 5.92 Å². The smallest absolute Gasteiger partial charge is 0.227 e. The molecule has 1 saturated carbocycles. The maximum atomic E-state index is 12.6. The van der Waals surface area contributed by atoms with Gasteiger partial charge in [0.15, 0.2) is 0 Å². The van der Waals surface area contributed by atoms with Gasteiger partial charge in [0, 0.05) is 35.9 Å². The van der Waals surface area contributed by atoms with Gasteiger partial charge in [0.1, 0.15) is 5.82 Å². The van der Waals surface area contributed by atoms with Crippen LogP contribution in [-0.2, 0) is 11.2 Å². The number of halogens is 1. The number of rotatable bonds is 8. The third-order valence-corrected chi connectivity index (χ3v) is 5.93. The van der Waals surface area contributed by atoms with Gasteiger partial charge in [-0.3, -0.25) is 4.79 Å². The summed E-state index contributed by atoms with van der Waals surface area (Å²) in [6, 6.07) is 8.48. The number of aromatic nitrogens is 2. The van der Waals surface area contributed by atoms with Crippen molar-refractivity contribution in [2.24, 2.45) is 5.92 Å². The van der Waals surface area contributed by atoms with Crippen molar-refractivity contribution in [2.75, 3.05) is 6.54 Å². The van der Waals surface area contributed by atoms with Crippen LogP contribution in [0.2, 0.25) is 5.02 Å². The first-order valence-corrected chi connectivity index (χ1v) is 10.9. The number of hydrogen-bond acceptors (Lipinski definition) is 2. The Labute approximate surface area is 173 Å².